The zero-order chi connectivity index (χ0) is 64.7. The summed E-state index contributed by atoms with van der Waals surface area (Å²) in [4.78, 5) is 2.59. The Kier molecular flexibility index (Phi) is 10.4. The van der Waals surface area contributed by atoms with E-state index in [1.807, 2.05) is 0 Å². The van der Waals surface area contributed by atoms with E-state index in [2.05, 4.69) is 301 Å². The van der Waals surface area contributed by atoms with Gasteiger partial charge in [0.05, 0.1) is 0 Å². The Hall–Kier alpha value is -10.2. The van der Waals surface area contributed by atoms with Crippen molar-refractivity contribution in [1.29, 1.82) is 0 Å². The van der Waals surface area contributed by atoms with E-state index in [9.17, 15) is 0 Å². The topological polar surface area (TPSA) is 42.7 Å². The summed E-state index contributed by atoms with van der Waals surface area (Å²) in [5, 5.41) is 7.06. The van der Waals surface area contributed by atoms with Gasteiger partial charge in [-0.15, -0.1) is 0 Å². The highest BCUT2D eigenvalue weighted by atomic mass is 16.3. The number of nitrogens with zero attached hydrogens (tertiary/aromatic N) is 1. The highest BCUT2D eigenvalue weighted by molar-refractivity contribution is 6.23. The molecule has 4 nitrogen and oxygen atoms in total. The average molecular weight is 1230 g/mol. The second-order valence-corrected chi connectivity index (χ2v) is 31.8. The molecule has 5 aliphatic carbocycles. The van der Waals surface area contributed by atoms with Crippen LogP contribution in [-0.4, -0.2) is 0 Å². The fourth-order valence-corrected chi connectivity index (χ4v) is 19.3. The van der Waals surface area contributed by atoms with Gasteiger partial charge in [-0.2, -0.15) is 0 Å². The Labute approximate surface area is 554 Å². The zero-order valence-electron chi connectivity index (χ0n) is 56.3. The van der Waals surface area contributed by atoms with Gasteiger partial charge < -0.3 is 18.2 Å². The summed E-state index contributed by atoms with van der Waals surface area (Å²) in [6.07, 6.45) is 0. The quantitative estimate of drug-likeness (QED) is 0.176. The lowest BCUT2D eigenvalue weighted by Crippen LogP contribution is -2.24. The minimum Gasteiger partial charge on any atom is -0.455 e. The van der Waals surface area contributed by atoms with Crippen LogP contribution in [0.3, 0.4) is 0 Å². The Morgan fingerprint density at radius 3 is 1.07 bits per heavy atom. The van der Waals surface area contributed by atoms with E-state index in [0.717, 1.165) is 77.8 Å². The molecule has 0 radical (unpaired) electrons. The van der Waals surface area contributed by atoms with Gasteiger partial charge in [-0.3, -0.25) is 0 Å². The summed E-state index contributed by atoms with van der Waals surface area (Å²) in [5.41, 5.74) is 37.0. The van der Waals surface area contributed by atoms with Crippen molar-refractivity contribution >= 4 is 82.9 Å². The van der Waals surface area contributed by atoms with Crippen LogP contribution in [-0.2, 0) is 32.5 Å². The molecule has 4 heteroatoms. The van der Waals surface area contributed by atoms with Crippen LogP contribution in [0, 0.1) is 0 Å². The average Bonchev–Trinajstić information content (AvgIpc) is 1.51. The summed E-state index contributed by atoms with van der Waals surface area (Å²) in [5.74, 6) is 0. The van der Waals surface area contributed by atoms with Crippen LogP contribution in [0.25, 0.3) is 133 Å². The van der Waals surface area contributed by atoms with Gasteiger partial charge in [0.15, 0.2) is 0 Å². The van der Waals surface area contributed by atoms with Crippen LogP contribution in [0.4, 0.5) is 17.1 Å². The predicted octanol–water partition coefficient (Wildman–Crippen LogP) is 25.4. The van der Waals surface area contributed by atoms with Crippen LogP contribution < -0.4 is 4.90 Å². The maximum Gasteiger partial charge on any atom is 0.144 e. The monoisotopic (exact) mass is 1230 g/mol. The summed E-state index contributed by atoms with van der Waals surface area (Å²) < 4.78 is 21.3. The van der Waals surface area contributed by atoms with E-state index in [1.54, 1.807) is 0 Å². The molecule has 15 aromatic rings. The lowest BCUT2D eigenvalue weighted by molar-refractivity contribution is 0.590. The lowest BCUT2D eigenvalue weighted by Gasteiger charge is -2.33. The third kappa shape index (κ3) is 6.78. The molecule has 12 aromatic carbocycles. The molecule has 0 saturated heterocycles. The van der Waals surface area contributed by atoms with Gasteiger partial charge >= 0.3 is 0 Å². The van der Waals surface area contributed by atoms with Crippen molar-refractivity contribution in [1.82, 2.24) is 0 Å². The van der Waals surface area contributed by atoms with Crippen LogP contribution in [0.1, 0.15) is 151 Å². The van der Waals surface area contributed by atoms with E-state index >= 15 is 0 Å². The SMILES string of the molecule is CC(C)(C)c1ccc(-c2cc3c(c4c2oc2ccccc24)-c2ccc(N(c4ccc5c(c4)C(C)(C)c4c6c(c7oc8ccccc8c7c4-5)-c4ccccc4C6(C)C)c4ccc5c(c4)C(C)(C)c4c6c(c7oc8ccccc8c7c4-5)-c4ccccc4C6(C)C)cc2C3(C)C)cc1. The molecule has 0 bridgehead atoms. The number of hydrogen-bond donors (Lipinski definition) is 0. The number of hydrogen-bond acceptors (Lipinski definition) is 4. The fraction of sp³-hybridized carbons (Fsp3) is 0.209. The molecule has 0 aliphatic heterocycles. The Morgan fingerprint density at radius 1 is 0.284 bits per heavy atom. The number of para-hydroxylation sites is 3. The first-order valence-corrected chi connectivity index (χ1v) is 34.1. The summed E-state index contributed by atoms with van der Waals surface area (Å²) in [7, 11) is 0. The molecule has 0 N–H and O–H groups in total. The van der Waals surface area contributed by atoms with E-state index in [1.165, 1.54) is 133 Å². The van der Waals surface area contributed by atoms with E-state index in [-0.39, 0.29) is 16.2 Å². The number of rotatable bonds is 4. The molecular formula is C91H73NO3. The highest BCUT2D eigenvalue weighted by Crippen LogP contribution is 2.67. The third-order valence-corrected chi connectivity index (χ3v) is 23.9. The molecule has 3 heterocycles. The second-order valence-electron chi connectivity index (χ2n) is 31.8. The highest BCUT2D eigenvalue weighted by Gasteiger charge is 2.51. The first-order valence-electron chi connectivity index (χ1n) is 34.1. The van der Waals surface area contributed by atoms with Gasteiger partial charge in [0.2, 0.25) is 0 Å². The number of benzene rings is 12. The summed E-state index contributed by atoms with van der Waals surface area (Å²) >= 11 is 0. The van der Waals surface area contributed by atoms with Gasteiger partial charge in [-0.05, 0) is 177 Å². The molecule has 0 spiro atoms. The normalized spacial score (nSPS) is 16.5. The molecular weight excluding hydrogens is 1160 g/mol. The molecule has 3 aromatic heterocycles. The van der Waals surface area contributed by atoms with Crippen LogP contribution in [0.15, 0.2) is 220 Å². The van der Waals surface area contributed by atoms with Gasteiger partial charge in [0, 0.05) is 93.1 Å². The number of fused-ring (bicyclic) bond motifs is 31. The van der Waals surface area contributed by atoms with E-state index < -0.39 is 16.2 Å². The molecule has 0 unspecified atom stereocenters. The van der Waals surface area contributed by atoms with Crippen molar-refractivity contribution in [2.75, 3.05) is 4.90 Å². The summed E-state index contributed by atoms with van der Waals surface area (Å²) in [6.45, 7) is 31.4. The maximum atomic E-state index is 7.14. The van der Waals surface area contributed by atoms with Crippen molar-refractivity contribution in [3.8, 4) is 66.8 Å². The minimum atomic E-state index is -0.404. The molecule has 0 atom stereocenters. The van der Waals surface area contributed by atoms with Gasteiger partial charge in [0.1, 0.15) is 33.5 Å². The van der Waals surface area contributed by atoms with Crippen molar-refractivity contribution in [3.05, 3.63) is 267 Å². The van der Waals surface area contributed by atoms with Crippen LogP contribution in [0.2, 0.25) is 0 Å². The standard InChI is InChI=1S/C91H73NO3/c1-86(2,3)49-36-34-48(35-37-49)61-47-67-71(74-58-26-16-21-31-68(58)93-83(61)74)55-41-38-50(44-64(55)87(67,4)5)92(51-39-42-56-65(45-51)90(10,11)79-72(56)75-59-27-17-22-32-69(59)94-84(75)77-53-24-14-19-29-62(53)88(6,7)81(77)79)52-40-43-57-66(46-52)91(12,13)80-73(57)76-60-28-18-23-33-70(60)95-85(76)78-54-25-15-20-30-63(54)89(8,9)82(78)80/h14-47H,1-13H3. The zero-order valence-corrected chi connectivity index (χ0v) is 56.3. The molecule has 0 saturated carbocycles. The van der Waals surface area contributed by atoms with Gasteiger partial charge in [-0.1, -0.05) is 236 Å². The summed E-state index contributed by atoms with van der Waals surface area (Å²) in [6, 6.07) is 78.0. The van der Waals surface area contributed by atoms with Gasteiger partial charge in [-0.25, -0.2) is 0 Å². The first-order chi connectivity index (χ1) is 45.6. The molecule has 95 heavy (non-hydrogen) atoms. The number of furan rings is 3. The van der Waals surface area contributed by atoms with E-state index in [0.29, 0.717) is 0 Å². The molecule has 5 aliphatic rings. The van der Waals surface area contributed by atoms with Crippen molar-refractivity contribution in [2.24, 2.45) is 0 Å². The maximum absolute atomic E-state index is 7.14. The Morgan fingerprint density at radius 2 is 0.632 bits per heavy atom. The van der Waals surface area contributed by atoms with Crippen LogP contribution >= 0.6 is 0 Å². The molecule has 0 amide bonds. The number of anilines is 3. The Bertz CT molecular complexity index is 5780. The fourth-order valence-electron chi connectivity index (χ4n) is 19.3. The molecule has 460 valence electrons. The largest absolute Gasteiger partial charge is 0.455 e. The van der Waals surface area contributed by atoms with Crippen molar-refractivity contribution in [3.63, 3.8) is 0 Å². The van der Waals surface area contributed by atoms with Crippen LogP contribution in [0.5, 0.6) is 0 Å². The van der Waals surface area contributed by atoms with E-state index in [4.69, 9.17) is 13.3 Å². The minimum absolute atomic E-state index is 0.0298. The molecule has 0 fully saturated rings. The van der Waals surface area contributed by atoms with Crippen molar-refractivity contribution in [2.45, 2.75) is 122 Å². The smallest absolute Gasteiger partial charge is 0.144 e. The predicted molar refractivity (Wildman–Crippen MR) is 395 cm³/mol. The molecule has 20 rings (SSSR count). The third-order valence-electron chi connectivity index (χ3n) is 23.9. The van der Waals surface area contributed by atoms with Crippen molar-refractivity contribution < 1.29 is 13.3 Å². The lowest BCUT2D eigenvalue weighted by atomic mass is 9.72. The second kappa shape index (κ2) is 17.8. The Balaban J connectivity index is 0.830. The first kappa shape index (κ1) is 55.3. The van der Waals surface area contributed by atoms with Gasteiger partial charge in [0.25, 0.3) is 0 Å².